The van der Waals surface area contributed by atoms with Crippen molar-refractivity contribution in [2.24, 2.45) is 17.3 Å². The normalized spacial score (nSPS) is 30.7. The molecule has 190 valence electrons. The number of aryl methyl sites for hydroxylation is 1. The number of nitrogens with zero attached hydrogens (tertiary/aromatic N) is 1. The van der Waals surface area contributed by atoms with Crippen molar-refractivity contribution < 1.29 is 87.5 Å². The monoisotopic (exact) mass is 577 g/mol. The Morgan fingerprint density at radius 1 is 1.11 bits per heavy atom. The van der Waals surface area contributed by atoms with Crippen LogP contribution < -0.4 is 73.6 Å². The first-order valence-corrected chi connectivity index (χ1v) is 14.5. The van der Waals surface area contributed by atoms with Crippen molar-refractivity contribution >= 4 is 37.1 Å². The van der Waals surface area contributed by atoms with Gasteiger partial charge in [0.05, 0.1) is 13.4 Å². The minimum Gasteiger partial charge on any atom is -0.790 e. The largest absolute Gasteiger partial charge is 1.00 e. The summed E-state index contributed by atoms with van der Waals surface area (Å²) >= 11 is 11.6. The van der Waals surface area contributed by atoms with E-state index in [1.54, 1.807) is 6.92 Å². The van der Waals surface area contributed by atoms with Crippen LogP contribution in [-0.2, 0) is 15.5 Å². The fraction of sp³-hybridized carbons (Fsp3) is 0.708. The van der Waals surface area contributed by atoms with Crippen molar-refractivity contribution in [3.8, 4) is 5.75 Å². The molecule has 1 amide bonds. The zero-order valence-electron chi connectivity index (χ0n) is 21.6. The number of alkyl halides is 2. The van der Waals surface area contributed by atoms with Crippen molar-refractivity contribution in [3.63, 3.8) is 0 Å². The Kier molecular flexibility index (Phi) is 12.3. The molecule has 7 nitrogen and oxygen atoms in total. The molecule has 0 N–H and O–H groups in total. The van der Waals surface area contributed by atoms with Gasteiger partial charge in [0.2, 0.25) is 0 Å². The van der Waals surface area contributed by atoms with Crippen LogP contribution in [0.3, 0.4) is 0 Å². The van der Waals surface area contributed by atoms with Crippen LogP contribution in [0.25, 0.3) is 0 Å². The molecular formula is C24H32Cl2NNa2O6P. The first-order valence-electron chi connectivity index (χ1n) is 12.0. The van der Waals surface area contributed by atoms with Gasteiger partial charge in [0.1, 0.15) is 5.75 Å². The Morgan fingerprint density at radius 2 is 1.78 bits per heavy atom. The fourth-order valence-electron chi connectivity index (χ4n) is 6.91. The Bertz CT molecular complexity index is 978. The van der Waals surface area contributed by atoms with Crippen LogP contribution in [0.15, 0.2) is 18.2 Å². The molecule has 1 aromatic rings. The first-order chi connectivity index (χ1) is 16.0. The molecule has 0 radical (unpaired) electrons. The van der Waals surface area contributed by atoms with Crippen LogP contribution in [-0.4, -0.2) is 41.4 Å². The second-order valence-corrected chi connectivity index (χ2v) is 12.1. The molecule has 5 atom stereocenters. The summed E-state index contributed by atoms with van der Waals surface area (Å²) in [4.78, 5) is 37.0. The van der Waals surface area contributed by atoms with Gasteiger partial charge < -0.3 is 28.5 Å². The molecule has 0 saturated heterocycles. The molecule has 12 heteroatoms. The summed E-state index contributed by atoms with van der Waals surface area (Å²) in [5.74, 6) is 2.21. The SMILES string of the molecule is C[C@]12CC[C@@H]3c4ccc(OC(=O)N(CCCl)CCCl)cc4CC[C@H]3[C@@H]1CC[C@]2(C)OP(=O)([O-])[O-].[Na+].[Na+]. The van der Waals surface area contributed by atoms with Crippen LogP contribution in [0.4, 0.5) is 4.79 Å². The van der Waals surface area contributed by atoms with Crippen molar-refractivity contribution in [1.82, 2.24) is 4.90 Å². The van der Waals surface area contributed by atoms with Crippen LogP contribution >= 0.6 is 31.0 Å². The van der Waals surface area contributed by atoms with Gasteiger partial charge in [-0.3, -0.25) is 0 Å². The molecule has 0 aliphatic heterocycles. The van der Waals surface area contributed by atoms with Gasteiger partial charge in [0.15, 0.2) is 0 Å². The number of hydrogen-bond acceptors (Lipinski definition) is 6. The molecule has 0 heterocycles. The van der Waals surface area contributed by atoms with Crippen molar-refractivity contribution in [2.45, 2.75) is 63.9 Å². The van der Waals surface area contributed by atoms with E-state index < -0.39 is 19.5 Å². The van der Waals surface area contributed by atoms with E-state index in [0.717, 1.165) is 32.1 Å². The third-order valence-corrected chi connectivity index (χ3v) is 9.68. The quantitative estimate of drug-likeness (QED) is 0.220. The van der Waals surface area contributed by atoms with Gasteiger partial charge in [0.25, 0.3) is 0 Å². The third-order valence-electron chi connectivity index (χ3n) is 8.71. The summed E-state index contributed by atoms with van der Waals surface area (Å²) in [5, 5.41) is 0. The van der Waals surface area contributed by atoms with E-state index in [1.807, 2.05) is 12.1 Å². The minimum absolute atomic E-state index is 0. The second-order valence-electron chi connectivity index (χ2n) is 10.3. The Labute approximate surface area is 268 Å². The fourth-order valence-corrected chi connectivity index (χ4v) is 8.11. The predicted molar refractivity (Wildman–Crippen MR) is 127 cm³/mol. The van der Waals surface area contributed by atoms with E-state index in [9.17, 15) is 19.1 Å². The first kappa shape index (κ1) is 33.4. The molecular weight excluding hydrogens is 546 g/mol. The minimum atomic E-state index is -5.07. The van der Waals surface area contributed by atoms with Crippen molar-refractivity contribution in [3.05, 3.63) is 29.3 Å². The number of phosphoric acid groups is 1. The van der Waals surface area contributed by atoms with Gasteiger partial charge in [-0.15, -0.1) is 23.2 Å². The van der Waals surface area contributed by atoms with Crippen LogP contribution in [0.1, 0.15) is 63.0 Å². The van der Waals surface area contributed by atoms with Crippen molar-refractivity contribution in [1.29, 1.82) is 0 Å². The molecule has 2 saturated carbocycles. The molecule has 1 aromatic carbocycles. The molecule has 0 unspecified atom stereocenters. The molecule has 2 fully saturated rings. The van der Waals surface area contributed by atoms with Gasteiger partial charge in [-0.05, 0) is 91.9 Å². The van der Waals surface area contributed by atoms with Gasteiger partial charge in [0, 0.05) is 24.8 Å². The van der Waals surface area contributed by atoms with E-state index in [-0.39, 0.29) is 64.5 Å². The maximum atomic E-state index is 12.5. The van der Waals surface area contributed by atoms with E-state index in [4.69, 9.17) is 32.5 Å². The van der Waals surface area contributed by atoms with Gasteiger partial charge in [-0.2, -0.15) is 0 Å². The molecule has 36 heavy (non-hydrogen) atoms. The number of hydrogen-bond donors (Lipinski definition) is 0. The molecule has 3 aliphatic carbocycles. The number of carbonyl (C=O) groups excluding carboxylic acids is 1. The van der Waals surface area contributed by atoms with E-state index in [0.29, 0.717) is 54.8 Å². The summed E-state index contributed by atoms with van der Waals surface area (Å²) in [5.41, 5.74) is 1.18. The summed E-state index contributed by atoms with van der Waals surface area (Å²) in [6.07, 6.45) is 4.53. The maximum absolute atomic E-state index is 12.5. The van der Waals surface area contributed by atoms with E-state index in [1.165, 1.54) is 16.0 Å². The van der Waals surface area contributed by atoms with Crippen molar-refractivity contribution in [2.75, 3.05) is 24.8 Å². The standard InChI is InChI=1S/C24H34Cl2NO6P.2Na/c1-23-9-7-19-18-6-4-17(32-22(28)27(13-11-25)14-12-26)15-16(18)3-5-20(19)21(23)8-10-24(23,2)33-34(29,30)31;;/h4,6,15,19-21H,3,5,7-14H2,1-2H3,(H2,29,30,31);;/q;2*+1/p-2/t19-,20-,21+,23+,24+;;/m1../s1. The maximum Gasteiger partial charge on any atom is 1.00 e. The van der Waals surface area contributed by atoms with Gasteiger partial charge in [-0.1, -0.05) is 13.0 Å². The molecule has 4 rings (SSSR count). The number of phosphoric ester groups is 1. The summed E-state index contributed by atoms with van der Waals surface area (Å²) in [6.45, 7) is 4.64. The molecule has 0 aromatic heterocycles. The Morgan fingerprint density at radius 3 is 2.39 bits per heavy atom. The van der Waals surface area contributed by atoms with Gasteiger partial charge in [-0.25, -0.2) is 4.79 Å². The zero-order chi connectivity index (χ0) is 24.7. The summed E-state index contributed by atoms with van der Waals surface area (Å²) in [6, 6.07) is 5.88. The Balaban J connectivity index is 0.00000228. The average molecular weight is 578 g/mol. The number of amides is 1. The Hall–Kier alpha value is 1.18. The number of fused-ring (bicyclic) bond motifs is 5. The summed E-state index contributed by atoms with van der Waals surface area (Å²) < 4.78 is 22.3. The number of ether oxygens (including phenoxy) is 1. The number of benzene rings is 1. The third kappa shape index (κ3) is 6.72. The van der Waals surface area contributed by atoms with E-state index in [2.05, 4.69) is 13.0 Å². The summed E-state index contributed by atoms with van der Waals surface area (Å²) in [7, 11) is -5.07. The van der Waals surface area contributed by atoms with Crippen LogP contribution in [0.2, 0.25) is 0 Å². The van der Waals surface area contributed by atoms with Crippen LogP contribution in [0, 0.1) is 17.3 Å². The molecule has 0 spiro atoms. The van der Waals surface area contributed by atoms with Gasteiger partial charge >= 0.3 is 65.2 Å². The second kappa shape index (κ2) is 13.2. The average Bonchev–Trinajstić information content (AvgIpc) is 3.02. The molecule has 3 aliphatic rings. The van der Waals surface area contributed by atoms with E-state index >= 15 is 0 Å². The number of rotatable bonds is 7. The topological polar surface area (TPSA) is 102 Å². The zero-order valence-corrected chi connectivity index (χ0v) is 28.0. The number of halogens is 2. The van der Waals surface area contributed by atoms with Crippen LogP contribution in [0.5, 0.6) is 5.75 Å². The predicted octanol–water partition coefficient (Wildman–Crippen LogP) is -1.57. The smallest absolute Gasteiger partial charge is 0.790 e. The molecule has 0 bridgehead atoms. The number of carbonyl (C=O) groups is 1.